The summed E-state index contributed by atoms with van der Waals surface area (Å²) in [5.41, 5.74) is 1.82. The van der Waals surface area contributed by atoms with Gasteiger partial charge in [-0.1, -0.05) is 36.4 Å². The van der Waals surface area contributed by atoms with E-state index in [2.05, 4.69) is 4.90 Å². The second kappa shape index (κ2) is 11.7. The van der Waals surface area contributed by atoms with Crippen LogP contribution in [0.3, 0.4) is 0 Å². The Labute approximate surface area is 205 Å². The lowest BCUT2D eigenvalue weighted by Crippen LogP contribution is -2.49. The van der Waals surface area contributed by atoms with E-state index in [1.165, 1.54) is 4.90 Å². The summed E-state index contributed by atoms with van der Waals surface area (Å²) >= 11 is 0. The van der Waals surface area contributed by atoms with Gasteiger partial charge in [-0.2, -0.15) is 13.2 Å². The van der Waals surface area contributed by atoms with E-state index < -0.39 is 18.3 Å². The molecule has 1 fully saturated rings. The number of aliphatic hydroxyl groups is 1. The number of benzene rings is 2. The minimum absolute atomic E-state index is 0.152. The van der Waals surface area contributed by atoms with E-state index in [1.807, 2.05) is 49.4 Å². The van der Waals surface area contributed by atoms with Crippen molar-refractivity contribution in [1.82, 2.24) is 9.80 Å². The summed E-state index contributed by atoms with van der Waals surface area (Å²) in [6, 6.07) is 15.2. The number of likely N-dealkylation sites (tertiary alicyclic amines) is 1. The molecule has 0 saturated carbocycles. The molecule has 1 saturated heterocycles. The summed E-state index contributed by atoms with van der Waals surface area (Å²) in [7, 11) is 0. The molecular weight excluding hydrogens is 460 g/mol. The highest BCUT2D eigenvalue weighted by molar-refractivity contribution is 5.36. The van der Waals surface area contributed by atoms with Crippen molar-refractivity contribution in [3.05, 3.63) is 65.2 Å². The van der Waals surface area contributed by atoms with Gasteiger partial charge in [-0.15, -0.1) is 0 Å². The first-order valence-corrected chi connectivity index (χ1v) is 12.1. The first-order valence-electron chi connectivity index (χ1n) is 12.1. The Kier molecular flexibility index (Phi) is 9.18. The lowest BCUT2D eigenvalue weighted by molar-refractivity contribution is -0.152. The van der Waals surface area contributed by atoms with Crippen molar-refractivity contribution in [3.8, 4) is 5.75 Å². The zero-order chi connectivity index (χ0) is 25.6. The second-order valence-electron chi connectivity index (χ2n) is 10.1. The third-order valence-corrected chi connectivity index (χ3v) is 6.48. The van der Waals surface area contributed by atoms with Crippen molar-refractivity contribution in [3.63, 3.8) is 0 Å². The number of nitrogens with zero attached hydrogens (tertiary/aromatic N) is 2. The van der Waals surface area contributed by atoms with Gasteiger partial charge >= 0.3 is 6.18 Å². The molecule has 0 aliphatic carbocycles. The van der Waals surface area contributed by atoms with E-state index in [4.69, 9.17) is 4.74 Å². The number of ether oxygens (including phenoxy) is 1. The lowest BCUT2D eigenvalue weighted by atomic mass is 9.89. The highest BCUT2D eigenvalue weighted by Gasteiger charge is 2.35. The van der Waals surface area contributed by atoms with Crippen LogP contribution in [-0.2, 0) is 18.6 Å². The Morgan fingerprint density at radius 2 is 1.71 bits per heavy atom. The number of para-hydroxylation sites is 1. The number of hydrogen-bond acceptors (Lipinski definition) is 4. The van der Waals surface area contributed by atoms with Gasteiger partial charge < -0.3 is 9.84 Å². The van der Waals surface area contributed by atoms with Crippen LogP contribution in [0, 0.1) is 5.92 Å². The van der Waals surface area contributed by atoms with Gasteiger partial charge in [0.25, 0.3) is 0 Å². The standard InChI is InChI=1S/C15H20F3NO.C12H16FNO/c1-10-6-12-7-13(14(2,3)20)5-4-11(12)8-19(10)9-15(16,17)18;13-8-11-9-14(10-11)6-7-15-12-4-2-1-3-5-12/h4-5,7,10,20H,6,8-9H2,1-3H3;1-5,11H,6-10H2. The van der Waals surface area contributed by atoms with Crippen LogP contribution >= 0.6 is 0 Å². The average Bonchev–Trinajstić information content (AvgIpc) is 2.75. The quantitative estimate of drug-likeness (QED) is 0.536. The monoisotopic (exact) mass is 496 g/mol. The normalized spacial score (nSPS) is 19.4. The topological polar surface area (TPSA) is 35.9 Å². The number of alkyl halides is 4. The molecule has 2 heterocycles. The molecule has 0 radical (unpaired) electrons. The van der Waals surface area contributed by atoms with Crippen LogP contribution in [0.2, 0.25) is 0 Å². The molecule has 1 unspecified atom stereocenters. The Morgan fingerprint density at radius 3 is 2.31 bits per heavy atom. The Hall–Kier alpha value is -2.16. The molecule has 4 rings (SSSR count). The number of rotatable bonds is 7. The lowest BCUT2D eigenvalue weighted by Gasteiger charge is -2.37. The first-order chi connectivity index (χ1) is 16.4. The highest BCUT2D eigenvalue weighted by atomic mass is 19.4. The van der Waals surface area contributed by atoms with Crippen molar-refractivity contribution in [2.45, 2.75) is 51.6 Å². The number of halogens is 4. The minimum Gasteiger partial charge on any atom is -0.492 e. The van der Waals surface area contributed by atoms with Crippen molar-refractivity contribution < 1.29 is 27.4 Å². The van der Waals surface area contributed by atoms with E-state index >= 15 is 0 Å². The van der Waals surface area contributed by atoms with E-state index in [9.17, 15) is 22.7 Å². The molecule has 8 heteroatoms. The molecule has 0 aromatic heterocycles. The summed E-state index contributed by atoms with van der Waals surface area (Å²) < 4.78 is 55.3. The molecule has 1 N–H and O–H groups in total. The van der Waals surface area contributed by atoms with Gasteiger partial charge in [-0.05, 0) is 56.0 Å². The molecule has 0 bridgehead atoms. The maximum absolute atomic E-state index is 12.5. The van der Waals surface area contributed by atoms with E-state index in [0.29, 0.717) is 19.6 Å². The second-order valence-corrected chi connectivity index (χ2v) is 10.1. The smallest absolute Gasteiger partial charge is 0.401 e. The third kappa shape index (κ3) is 8.47. The summed E-state index contributed by atoms with van der Waals surface area (Å²) in [6.45, 7) is 7.82. The fourth-order valence-electron chi connectivity index (χ4n) is 4.38. The van der Waals surface area contributed by atoms with Crippen LogP contribution in [0.5, 0.6) is 5.75 Å². The molecule has 2 aliphatic heterocycles. The minimum atomic E-state index is -4.17. The van der Waals surface area contributed by atoms with Crippen LogP contribution in [0.4, 0.5) is 17.6 Å². The molecule has 0 amide bonds. The van der Waals surface area contributed by atoms with Gasteiger partial charge in [0, 0.05) is 38.1 Å². The van der Waals surface area contributed by atoms with Gasteiger partial charge in [0.1, 0.15) is 12.4 Å². The molecule has 2 aromatic carbocycles. The molecule has 2 aliphatic rings. The van der Waals surface area contributed by atoms with Crippen molar-refractivity contribution in [2.24, 2.45) is 5.92 Å². The molecule has 35 heavy (non-hydrogen) atoms. The zero-order valence-corrected chi connectivity index (χ0v) is 20.7. The fourth-order valence-corrected chi connectivity index (χ4v) is 4.38. The van der Waals surface area contributed by atoms with Crippen LogP contribution in [0.25, 0.3) is 0 Å². The van der Waals surface area contributed by atoms with Crippen molar-refractivity contribution in [2.75, 3.05) is 39.5 Å². The Morgan fingerprint density at radius 1 is 1.03 bits per heavy atom. The van der Waals surface area contributed by atoms with E-state index in [0.717, 1.165) is 42.1 Å². The Bertz CT molecular complexity index is 925. The molecule has 1 atom stereocenters. The highest BCUT2D eigenvalue weighted by Crippen LogP contribution is 2.30. The van der Waals surface area contributed by atoms with Crippen LogP contribution in [0.15, 0.2) is 48.5 Å². The molecule has 4 nitrogen and oxygen atoms in total. The Balaban J connectivity index is 0.000000203. The number of hydrogen-bond donors (Lipinski definition) is 1. The fraction of sp³-hybridized carbons (Fsp3) is 0.556. The van der Waals surface area contributed by atoms with Gasteiger partial charge in [0.2, 0.25) is 0 Å². The summed E-state index contributed by atoms with van der Waals surface area (Å²) in [5, 5.41) is 10.0. The van der Waals surface area contributed by atoms with Gasteiger partial charge in [-0.25, -0.2) is 0 Å². The summed E-state index contributed by atoms with van der Waals surface area (Å²) in [6.07, 6.45) is -3.59. The van der Waals surface area contributed by atoms with E-state index in [-0.39, 0.29) is 18.6 Å². The van der Waals surface area contributed by atoms with Gasteiger partial charge in [0.15, 0.2) is 0 Å². The average molecular weight is 497 g/mol. The zero-order valence-electron chi connectivity index (χ0n) is 20.7. The predicted molar refractivity (Wildman–Crippen MR) is 129 cm³/mol. The maximum Gasteiger partial charge on any atom is 0.401 e. The van der Waals surface area contributed by atoms with Gasteiger partial charge in [0.05, 0.1) is 18.8 Å². The maximum atomic E-state index is 12.5. The number of fused-ring (bicyclic) bond motifs is 1. The van der Waals surface area contributed by atoms with Gasteiger partial charge in [-0.3, -0.25) is 14.2 Å². The van der Waals surface area contributed by atoms with Crippen molar-refractivity contribution in [1.29, 1.82) is 0 Å². The van der Waals surface area contributed by atoms with Crippen LogP contribution in [-0.4, -0.2) is 66.6 Å². The SMILES string of the molecule is CC1Cc2cc(C(C)(C)O)ccc2CN1CC(F)(F)F.FCC1CN(CCOc2ccccc2)C1. The van der Waals surface area contributed by atoms with E-state index in [1.54, 1.807) is 19.9 Å². The summed E-state index contributed by atoms with van der Waals surface area (Å²) in [4.78, 5) is 3.67. The largest absolute Gasteiger partial charge is 0.492 e. The molecule has 0 spiro atoms. The van der Waals surface area contributed by atoms with Crippen LogP contribution < -0.4 is 4.74 Å². The first kappa shape index (κ1) is 27.4. The molecular formula is C27H36F4N2O2. The summed E-state index contributed by atoms with van der Waals surface area (Å²) in [5.74, 6) is 1.17. The van der Waals surface area contributed by atoms with Crippen LogP contribution in [0.1, 0.15) is 37.5 Å². The molecule has 194 valence electrons. The molecule has 2 aromatic rings. The van der Waals surface area contributed by atoms with Crippen molar-refractivity contribution >= 4 is 0 Å². The third-order valence-electron chi connectivity index (χ3n) is 6.48. The predicted octanol–water partition coefficient (Wildman–Crippen LogP) is 5.19.